The lowest BCUT2D eigenvalue weighted by molar-refractivity contribution is 0.0686. The largest absolute Gasteiger partial charge is 0.509 e. The van der Waals surface area contributed by atoms with E-state index in [9.17, 15) is 4.79 Å². The van der Waals surface area contributed by atoms with Gasteiger partial charge < -0.3 is 9.47 Å². The fraction of sp³-hybridized carbons (Fsp3) is 0.750. The van der Waals surface area contributed by atoms with Crippen LogP contribution in [0.2, 0.25) is 0 Å². The average molecular weight is 212 g/mol. The minimum atomic E-state index is -0.641. The van der Waals surface area contributed by atoms with E-state index in [0.717, 1.165) is 12.8 Å². The zero-order chi connectivity index (χ0) is 11.4. The summed E-state index contributed by atoms with van der Waals surface area (Å²) in [5.74, 6) is 5.74. The molecule has 0 aliphatic carbocycles. The van der Waals surface area contributed by atoms with E-state index in [0.29, 0.717) is 6.61 Å². The van der Waals surface area contributed by atoms with Crippen LogP contribution in [0.1, 0.15) is 46.0 Å². The lowest BCUT2D eigenvalue weighted by Gasteiger charge is -1.98. The van der Waals surface area contributed by atoms with E-state index in [4.69, 9.17) is 0 Å². The van der Waals surface area contributed by atoms with E-state index in [1.807, 2.05) is 0 Å². The van der Waals surface area contributed by atoms with Gasteiger partial charge in [-0.25, -0.2) is 4.79 Å². The van der Waals surface area contributed by atoms with Gasteiger partial charge in [-0.3, -0.25) is 0 Å². The Hall–Kier alpha value is -1.17. The number of hydrogen-bond acceptors (Lipinski definition) is 3. The predicted molar refractivity (Wildman–Crippen MR) is 59.5 cm³/mol. The van der Waals surface area contributed by atoms with Crippen molar-refractivity contribution in [2.45, 2.75) is 46.0 Å². The molecule has 0 fully saturated rings. The molecule has 0 bridgehead atoms. The van der Waals surface area contributed by atoms with Crippen LogP contribution in [0, 0.1) is 11.8 Å². The molecular weight excluding hydrogens is 192 g/mol. The van der Waals surface area contributed by atoms with Gasteiger partial charge in [0.15, 0.2) is 6.61 Å². The Labute approximate surface area is 92.1 Å². The molecule has 0 atom stereocenters. The maximum Gasteiger partial charge on any atom is 0.509 e. The molecule has 0 radical (unpaired) electrons. The SMILES string of the molecule is CCCCCCC#CCOC(=O)OCC. The van der Waals surface area contributed by atoms with Crippen LogP contribution < -0.4 is 0 Å². The minimum absolute atomic E-state index is 0.132. The number of carbonyl (C=O) groups excluding carboxylic acids is 1. The highest BCUT2D eigenvalue weighted by Crippen LogP contribution is 2.00. The number of rotatable bonds is 6. The quantitative estimate of drug-likeness (QED) is 0.385. The van der Waals surface area contributed by atoms with Crippen LogP contribution in [0.5, 0.6) is 0 Å². The van der Waals surface area contributed by atoms with Crippen molar-refractivity contribution in [3.05, 3.63) is 0 Å². The monoisotopic (exact) mass is 212 g/mol. The van der Waals surface area contributed by atoms with Gasteiger partial charge in [0.25, 0.3) is 0 Å². The Balaban J connectivity index is 3.27. The number of hydrogen-bond donors (Lipinski definition) is 0. The molecule has 86 valence electrons. The van der Waals surface area contributed by atoms with Crippen molar-refractivity contribution < 1.29 is 14.3 Å². The van der Waals surface area contributed by atoms with Crippen molar-refractivity contribution in [3.8, 4) is 11.8 Å². The molecule has 0 unspecified atom stereocenters. The molecule has 3 nitrogen and oxygen atoms in total. The van der Waals surface area contributed by atoms with Crippen molar-refractivity contribution in [3.63, 3.8) is 0 Å². The first-order chi connectivity index (χ1) is 7.31. The second-order valence-electron chi connectivity index (χ2n) is 3.14. The Morgan fingerprint density at radius 2 is 1.87 bits per heavy atom. The lowest BCUT2D eigenvalue weighted by Crippen LogP contribution is -2.06. The summed E-state index contributed by atoms with van der Waals surface area (Å²) in [5.41, 5.74) is 0. The highest BCUT2D eigenvalue weighted by atomic mass is 16.7. The van der Waals surface area contributed by atoms with Crippen molar-refractivity contribution in [2.75, 3.05) is 13.2 Å². The van der Waals surface area contributed by atoms with Gasteiger partial charge in [-0.15, -0.1) is 0 Å². The maximum atomic E-state index is 10.7. The fourth-order valence-corrected chi connectivity index (χ4v) is 1.03. The summed E-state index contributed by atoms with van der Waals surface area (Å²) in [6.45, 7) is 4.38. The number of carbonyl (C=O) groups is 1. The third-order valence-corrected chi connectivity index (χ3v) is 1.80. The topological polar surface area (TPSA) is 35.5 Å². The van der Waals surface area contributed by atoms with Crippen molar-refractivity contribution >= 4 is 6.16 Å². The van der Waals surface area contributed by atoms with E-state index < -0.39 is 6.16 Å². The molecule has 0 aromatic carbocycles. The first-order valence-electron chi connectivity index (χ1n) is 5.56. The molecule has 0 aliphatic heterocycles. The molecule has 15 heavy (non-hydrogen) atoms. The van der Waals surface area contributed by atoms with Crippen molar-refractivity contribution in [1.29, 1.82) is 0 Å². The van der Waals surface area contributed by atoms with Crippen LogP contribution in [0.4, 0.5) is 4.79 Å². The zero-order valence-electron chi connectivity index (χ0n) is 9.67. The van der Waals surface area contributed by atoms with Crippen molar-refractivity contribution in [2.24, 2.45) is 0 Å². The minimum Gasteiger partial charge on any atom is -0.435 e. The first-order valence-corrected chi connectivity index (χ1v) is 5.56. The summed E-state index contributed by atoms with van der Waals surface area (Å²) in [7, 11) is 0. The summed E-state index contributed by atoms with van der Waals surface area (Å²) in [4.78, 5) is 10.7. The van der Waals surface area contributed by atoms with E-state index in [2.05, 4.69) is 28.2 Å². The zero-order valence-corrected chi connectivity index (χ0v) is 9.67. The molecule has 0 rings (SSSR count). The van der Waals surface area contributed by atoms with Gasteiger partial charge in [0.2, 0.25) is 0 Å². The normalized spacial score (nSPS) is 8.93. The molecule has 3 heteroatoms. The van der Waals surface area contributed by atoms with Gasteiger partial charge in [0, 0.05) is 6.42 Å². The Kier molecular flexibility index (Phi) is 10.1. The second-order valence-corrected chi connectivity index (χ2v) is 3.14. The molecule has 0 spiro atoms. The Morgan fingerprint density at radius 1 is 1.07 bits per heavy atom. The van der Waals surface area contributed by atoms with Crippen LogP contribution in [-0.4, -0.2) is 19.4 Å². The summed E-state index contributed by atoms with van der Waals surface area (Å²) in [6, 6.07) is 0. The van der Waals surface area contributed by atoms with E-state index in [1.54, 1.807) is 6.92 Å². The summed E-state index contributed by atoms with van der Waals surface area (Å²) >= 11 is 0. The van der Waals surface area contributed by atoms with E-state index in [1.165, 1.54) is 19.3 Å². The van der Waals surface area contributed by atoms with Crippen LogP contribution in [0.3, 0.4) is 0 Å². The maximum absolute atomic E-state index is 10.7. The molecular formula is C12H20O3. The van der Waals surface area contributed by atoms with Gasteiger partial charge >= 0.3 is 6.16 Å². The highest BCUT2D eigenvalue weighted by Gasteiger charge is 1.97. The molecule has 0 aromatic rings. The molecule has 0 aliphatic rings. The van der Waals surface area contributed by atoms with Crippen molar-refractivity contribution in [1.82, 2.24) is 0 Å². The van der Waals surface area contributed by atoms with Gasteiger partial charge in [-0.2, -0.15) is 0 Å². The van der Waals surface area contributed by atoms with E-state index in [-0.39, 0.29) is 6.61 Å². The molecule has 0 heterocycles. The Morgan fingerprint density at radius 3 is 2.53 bits per heavy atom. The third-order valence-electron chi connectivity index (χ3n) is 1.80. The standard InChI is InChI=1S/C12H20O3/c1-3-5-6-7-8-9-10-11-15-12(13)14-4-2/h3-8,11H2,1-2H3. The summed E-state index contributed by atoms with van der Waals surface area (Å²) in [6.07, 6.45) is 5.09. The van der Waals surface area contributed by atoms with Crippen LogP contribution in [0.15, 0.2) is 0 Å². The molecule has 0 N–H and O–H groups in total. The highest BCUT2D eigenvalue weighted by molar-refractivity contribution is 5.59. The van der Waals surface area contributed by atoms with Gasteiger partial charge in [-0.1, -0.05) is 38.0 Å². The van der Waals surface area contributed by atoms with Gasteiger partial charge in [0.1, 0.15) is 0 Å². The van der Waals surface area contributed by atoms with E-state index >= 15 is 0 Å². The average Bonchev–Trinajstić information content (AvgIpc) is 2.22. The summed E-state index contributed by atoms with van der Waals surface area (Å²) < 4.78 is 9.25. The van der Waals surface area contributed by atoms with Crippen LogP contribution in [0.25, 0.3) is 0 Å². The predicted octanol–water partition coefficient (Wildman–Crippen LogP) is 3.13. The number of ether oxygens (including phenoxy) is 2. The van der Waals surface area contributed by atoms with Crippen LogP contribution in [-0.2, 0) is 9.47 Å². The third kappa shape index (κ3) is 10.8. The number of unbranched alkanes of at least 4 members (excludes halogenated alkanes) is 4. The molecule has 0 saturated heterocycles. The second kappa shape index (κ2) is 10.9. The molecule has 0 amide bonds. The first kappa shape index (κ1) is 13.8. The fourth-order valence-electron chi connectivity index (χ4n) is 1.03. The summed E-state index contributed by atoms with van der Waals surface area (Å²) in [5, 5.41) is 0. The Bertz CT molecular complexity index is 213. The molecule has 0 saturated carbocycles. The lowest BCUT2D eigenvalue weighted by atomic mass is 10.2. The smallest absolute Gasteiger partial charge is 0.435 e. The molecule has 0 aromatic heterocycles. The van der Waals surface area contributed by atoms with Crippen LogP contribution >= 0.6 is 0 Å². The van der Waals surface area contributed by atoms with Gasteiger partial charge in [0.05, 0.1) is 6.61 Å². The van der Waals surface area contributed by atoms with Gasteiger partial charge in [-0.05, 0) is 13.3 Å².